The minimum absolute atomic E-state index is 0.413. The van der Waals surface area contributed by atoms with Gasteiger partial charge in [-0.2, -0.15) is 0 Å². The second kappa shape index (κ2) is 4.77. The van der Waals surface area contributed by atoms with Crippen molar-refractivity contribution in [1.29, 1.82) is 0 Å². The van der Waals surface area contributed by atoms with Gasteiger partial charge in [-0.15, -0.1) is 0 Å². The predicted octanol–water partition coefficient (Wildman–Crippen LogP) is 3.59. The molecule has 0 N–H and O–H groups in total. The smallest absolute Gasteiger partial charge is 0.318 e. The molecule has 94 valence electrons. The lowest BCUT2D eigenvalue weighted by atomic mass is 10.1. The molecule has 0 amide bonds. The van der Waals surface area contributed by atoms with Gasteiger partial charge in [0.25, 0.3) is 0 Å². The molecule has 0 spiro atoms. The molecule has 0 saturated heterocycles. The fraction of sp³-hybridized carbons (Fsp3) is 0.0667. The van der Waals surface area contributed by atoms with E-state index >= 15 is 0 Å². The van der Waals surface area contributed by atoms with Crippen LogP contribution < -0.4 is 0 Å². The van der Waals surface area contributed by atoms with Crippen molar-refractivity contribution in [2.24, 2.45) is 5.16 Å². The standard InChI is InChI=1S/C15H10INO2/c1-9(18)19-17-15-13-5-3-2-4-11(13)12-7-6-10(16)8-14(12)15/h2-8H,1H3. The van der Waals surface area contributed by atoms with Gasteiger partial charge in [0, 0.05) is 21.6 Å². The summed E-state index contributed by atoms with van der Waals surface area (Å²) in [6.07, 6.45) is 0. The quantitative estimate of drug-likeness (QED) is 0.377. The first-order chi connectivity index (χ1) is 9.16. The average Bonchev–Trinajstić information content (AvgIpc) is 2.69. The highest BCUT2D eigenvalue weighted by Gasteiger charge is 2.25. The van der Waals surface area contributed by atoms with Crippen LogP contribution in [-0.2, 0) is 9.63 Å². The summed E-state index contributed by atoms with van der Waals surface area (Å²) in [4.78, 5) is 15.8. The summed E-state index contributed by atoms with van der Waals surface area (Å²) in [6, 6.07) is 14.2. The summed E-state index contributed by atoms with van der Waals surface area (Å²) in [5.41, 5.74) is 4.98. The first-order valence-electron chi connectivity index (χ1n) is 5.82. The molecule has 0 heterocycles. The van der Waals surface area contributed by atoms with Crippen LogP contribution in [0.3, 0.4) is 0 Å². The Balaban J connectivity index is 2.22. The fourth-order valence-electron chi connectivity index (χ4n) is 2.23. The lowest BCUT2D eigenvalue weighted by molar-refractivity contribution is -0.140. The third kappa shape index (κ3) is 2.16. The van der Waals surface area contributed by atoms with Gasteiger partial charge in [0.15, 0.2) is 0 Å². The molecule has 0 radical (unpaired) electrons. The van der Waals surface area contributed by atoms with Crippen LogP contribution in [0, 0.1) is 3.57 Å². The number of oxime groups is 1. The van der Waals surface area contributed by atoms with Gasteiger partial charge in [0.1, 0.15) is 5.71 Å². The first kappa shape index (κ1) is 12.3. The number of rotatable bonds is 1. The number of carbonyl (C=O) groups excluding carboxylic acids is 1. The minimum Gasteiger partial charge on any atom is -0.318 e. The van der Waals surface area contributed by atoms with E-state index in [1.807, 2.05) is 18.2 Å². The molecule has 19 heavy (non-hydrogen) atoms. The topological polar surface area (TPSA) is 38.7 Å². The number of benzene rings is 2. The molecule has 3 nitrogen and oxygen atoms in total. The van der Waals surface area contributed by atoms with Crippen LogP contribution >= 0.6 is 22.6 Å². The van der Waals surface area contributed by atoms with Crippen molar-refractivity contribution in [2.75, 3.05) is 0 Å². The van der Waals surface area contributed by atoms with E-state index in [-0.39, 0.29) is 0 Å². The van der Waals surface area contributed by atoms with Crippen LogP contribution in [0.15, 0.2) is 47.6 Å². The molecule has 1 aliphatic rings. The molecule has 0 atom stereocenters. The van der Waals surface area contributed by atoms with Crippen molar-refractivity contribution in [2.45, 2.75) is 6.92 Å². The molecular weight excluding hydrogens is 353 g/mol. The second-order valence-electron chi connectivity index (χ2n) is 4.26. The Morgan fingerprint density at radius 1 is 1.05 bits per heavy atom. The van der Waals surface area contributed by atoms with Crippen molar-refractivity contribution in [3.8, 4) is 11.1 Å². The van der Waals surface area contributed by atoms with Gasteiger partial charge >= 0.3 is 5.97 Å². The molecule has 2 aromatic rings. The Morgan fingerprint density at radius 3 is 2.47 bits per heavy atom. The van der Waals surface area contributed by atoms with E-state index in [0.717, 1.165) is 31.5 Å². The lowest BCUT2D eigenvalue weighted by Gasteiger charge is -2.01. The fourth-order valence-corrected chi connectivity index (χ4v) is 2.72. The van der Waals surface area contributed by atoms with Gasteiger partial charge in [-0.05, 0) is 45.9 Å². The Kier molecular flexibility index (Phi) is 3.10. The van der Waals surface area contributed by atoms with E-state index in [2.05, 4.69) is 52.0 Å². The second-order valence-corrected chi connectivity index (χ2v) is 5.50. The third-order valence-electron chi connectivity index (χ3n) is 2.97. The molecule has 0 aromatic heterocycles. The third-order valence-corrected chi connectivity index (χ3v) is 3.65. The zero-order chi connectivity index (χ0) is 13.4. The van der Waals surface area contributed by atoms with Crippen LogP contribution in [0.2, 0.25) is 0 Å². The summed E-state index contributed by atoms with van der Waals surface area (Å²) in [5.74, 6) is -0.413. The summed E-state index contributed by atoms with van der Waals surface area (Å²) in [6.45, 7) is 1.35. The Hall–Kier alpha value is -1.69. The maximum absolute atomic E-state index is 11.0. The van der Waals surface area contributed by atoms with Crippen LogP contribution in [0.25, 0.3) is 11.1 Å². The van der Waals surface area contributed by atoms with E-state index < -0.39 is 5.97 Å². The summed E-state index contributed by atoms with van der Waals surface area (Å²) >= 11 is 2.26. The number of halogens is 1. The zero-order valence-corrected chi connectivity index (χ0v) is 12.3. The molecule has 0 aliphatic heterocycles. The Labute approximate surface area is 124 Å². The Bertz CT molecular complexity index is 707. The van der Waals surface area contributed by atoms with Crippen LogP contribution in [0.4, 0.5) is 0 Å². The summed E-state index contributed by atoms with van der Waals surface area (Å²) in [7, 11) is 0. The van der Waals surface area contributed by atoms with Crippen molar-refractivity contribution in [3.63, 3.8) is 0 Å². The molecule has 2 aromatic carbocycles. The number of hydrogen-bond donors (Lipinski definition) is 0. The number of fused-ring (bicyclic) bond motifs is 3. The van der Waals surface area contributed by atoms with Crippen LogP contribution in [0.1, 0.15) is 18.1 Å². The molecule has 3 rings (SSSR count). The van der Waals surface area contributed by atoms with Crippen molar-refractivity contribution >= 4 is 34.3 Å². The summed E-state index contributed by atoms with van der Waals surface area (Å²) in [5, 5.41) is 4.01. The zero-order valence-electron chi connectivity index (χ0n) is 10.2. The van der Waals surface area contributed by atoms with Crippen molar-refractivity contribution in [3.05, 3.63) is 57.2 Å². The molecule has 0 bridgehead atoms. The monoisotopic (exact) mass is 363 g/mol. The van der Waals surface area contributed by atoms with E-state index in [1.54, 1.807) is 0 Å². The van der Waals surface area contributed by atoms with Gasteiger partial charge < -0.3 is 4.84 Å². The minimum atomic E-state index is -0.413. The number of nitrogens with zero attached hydrogens (tertiary/aromatic N) is 1. The normalized spacial score (nSPS) is 14.1. The first-order valence-corrected chi connectivity index (χ1v) is 6.90. The van der Waals surface area contributed by atoms with Gasteiger partial charge in [-0.1, -0.05) is 35.5 Å². The molecule has 4 heteroatoms. The van der Waals surface area contributed by atoms with E-state index in [1.165, 1.54) is 6.92 Å². The average molecular weight is 363 g/mol. The Morgan fingerprint density at radius 2 is 1.74 bits per heavy atom. The summed E-state index contributed by atoms with van der Waals surface area (Å²) < 4.78 is 1.12. The van der Waals surface area contributed by atoms with Gasteiger partial charge in [-0.25, -0.2) is 4.79 Å². The largest absolute Gasteiger partial charge is 0.332 e. The number of carbonyl (C=O) groups is 1. The van der Waals surface area contributed by atoms with Gasteiger partial charge in [0.2, 0.25) is 0 Å². The molecule has 1 aliphatic carbocycles. The van der Waals surface area contributed by atoms with Crippen LogP contribution in [0.5, 0.6) is 0 Å². The van der Waals surface area contributed by atoms with Gasteiger partial charge in [-0.3, -0.25) is 0 Å². The SMILES string of the molecule is CC(=O)ON=C1c2ccccc2-c2ccc(I)cc21. The maximum atomic E-state index is 11.0. The number of hydrogen-bond acceptors (Lipinski definition) is 3. The van der Waals surface area contributed by atoms with E-state index in [9.17, 15) is 4.79 Å². The van der Waals surface area contributed by atoms with E-state index in [0.29, 0.717) is 0 Å². The van der Waals surface area contributed by atoms with Crippen molar-refractivity contribution in [1.82, 2.24) is 0 Å². The predicted molar refractivity (Wildman–Crippen MR) is 82.0 cm³/mol. The molecule has 0 unspecified atom stereocenters. The highest BCUT2D eigenvalue weighted by atomic mass is 127. The molecule has 0 saturated carbocycles. The maximum Gasteiger partial charge on any atom is 0.332 e. The van der Waals surface area contributed by atoms with Gasteiger partial charge in [0.05, 0.1) is 0 Å². The van der Waals surface area contributed by atoms with E-state index in [4.69, 9.17) is 4.84 Å². The van der Waals surface area contributed by atoms with Crippen molar-refractivity contribution < 1.29 is 9.63 Å². The highest BCUT2D eigenvalue weighted by Crippen LogP contribution is 2.37. The highest BCUT2D eigenvalue weighted by molar-refractivity contribution is 14.1. The molecule has 0 fully saturated rings. The van der Waals surface area contributed by atoms with Crippen LogP contribution in [-0.4, -0.2) is 11.7 Å². The lowest BCUT2D eigenvalue weighted by Crippen LogP contribution is -2.02. The molecular formula is C15H10INO2.